The van der Waals surface area contributed by atoms with Crippen molar-refractivity contribution in [3.8, 4) is 0 Å². The minimum absolute atomic E-state index is 0.156. The number of rotatable bonds is 0. The highest BCUT2D eigenvalue weighted by atomic mass is 16.2. The lowest BCUT2D eigenvalue weighted by molar-refractivity contribution is 0.0642. The van der Waals surface area contributed by atoms with Gasteiger partial charge in [-0.2, -0.15) is 0 Å². The van der Waals surface area contributed by atoms with Crippen LogP contribution in [-0.2, 0) is 12.0 Å². The average Bonchev–Trinajstić information content (AvgIpc) is 2.73. The maximum Gasteiger partial charge on any atom is 0.321 e. The molecule has 0 bridgehead atoms. The van der Waals surface area contributed by atoms with Gasteiger partial charge in [0, 0.05) is 11.1 Å². The second-order valence-corrected chi connectivity index (χ2v) is 9.09. The predicted octanol–water partition coefficient (Wildman–Crippen LogP) is 4.55. The zero-order chi connectivity index (χ0) is 17.0. The molecule has 1 aliphatic heterocycles. The minimum Gasteiger partial charge on any atom is -0.317 e. The lowest BCUT2D eigenvalue weighted by Gasteiger charge is -2.47. The third-order valence-corrected chi connectivity index (χ3v) is 5.31. The van der Waals surface area contributed by atoms with E-state index in [1.807, 2.05) is 0 Å². The van der Waals surface area contributed by atoms with Crippen LogP contribution >= 0.6 is 0 Å². The number of hydrogen-bond donors (Lipinski definition) is 0. The zero-order valence-electron chi connectivity index (χ0n) is 15.4. The summed E-state index contributed by atoms with van der Waals surface area (Å²) < 4.78 is 0. The highest BCUT2D eigenvalue weighted by molar-refractivity contribution is 5.80. The molecule has 1 spiro atoms. The number of amides is 2. The summed E-state index contributed by atoms with van der Waals surface area (Å²) in [6.45, 7) is 13.7. The van der Waals surface area contributed by atoms with E-state index in [-0.39, 0.29) is 22.6 Å². The zero-order valence-corrected chi connectivity index (χ0v) is 15.4. The lowest BCUT2D eigenvalue weighted by atomic mass is 9.74. The van der Waals surface area contributed by atoms with Gasteiger partial charge >= 0.3 is 6.03 Å². The first-order chi connectivity index (χ1) is 10.6. The first-order valence-corrected chi connectivity index (χ1v) is 8.78. The van der Waals surface area contributed by atoms with E-state index < -0.39 is 0 Å². The molecule has 0 N–H and O–H groups in total. The maximum absolute atomic E-state index is 13.3. The van der Waals surface area contributed by atoms with Crippen LogP contribution in [-0.4, -0.2) is 33.5 Å². The number of urea groups is 1. The molecule has 23 heavy (non-hydrogen) atoms. The summed E-state index contributed by atoms with van der Waals surface area (Å²) in [7, 11) is 0. The van der Waals surface area contributed by atoms with Gasteiger partial charge in [-0.3, -0.25) is 0 Å². The Labute approximate surface area is 140 Å². The molecule has 2 amide bonds. The quantitative estimate of drug-likeness (QED) is 0.689. The van der Waals surface area contributed by atoms with Crippen molar-refractivity contribution in [2.24, 2.45) is 0 Å². The Kier molecular flexibility index (Phi) is 3.55. The van der Waals surface area contributed by atoms with Crippen LogP contribution in [0.4, 0.5) is 4.79 Å². The Morgan fingerprint density at radius 2 is 1.65 bits per heavy atom. The molecule has 3 nitrogen and oxygen atoms in total. The summed E-state index contributed by atoms with van der Waals surface area (Å²) in [5.41, 5.74) is 2.24. The van der Waals surface area contributed by atoms with Crippen molar-refractivity contribution < 1.29 is 4.79 Å². The molecule has 126 valence electrons. The molecular weight excluding hydrogens is 284 g/mol. The maximum atomic E-state index is 13.3. The summed E-state index contributed by atoms with van der Waals surface area (Å²) in [6.07, 6.45) is 3.33. The lowest BCUT2D eigenvalue weighted by Crippen LogP contribution is -2.55. The van der Waals surface area contributed by atoms with E-state index in [1.165, 1.54) is 11.1 Å². The van der Waals surface area contributed by atoms with E-state index in [0.29, 0.717) is 0 Å². The largest absolute Gasteiger partial charge is 0.321 e. The van der Waals surface area contributed by atoms with Gasteiger partial charge in [-0.05, 0) is 71.9 Å². The van der Waals surface area contributed by atoms with Gasteiger partial charge in [0.1, 0.15) is 0 Å². The van der Waals surface area contributed by atoms with Gasteiger partial charge in [0.15, 0.2) is 0 Å². The second-order valence-electron chi connectivity index (χ2n) is 9.09. The van der Waals surface area contributed by atoms with E-state index in [0.717, 1.165) is 25.8 Å². The van der Waals surface area contributed by atoms with Gasteiger partial charge in [0.05, 0.1) is 12.1 Å². The molecule has 1 fully saturated rings. The van der Waals surface area contributed by atoms with Crippen molar-refractivity contribution in [3.05, 3.63) is 35.4 Å². The molecule has 1 saturated heterocycles. The van der Waals surface area contributed by atoms with Crippen LogP contribution in [0.1, 0.15) is 65.5 Å². The van der Waals surface area contributed by atoms with Crippen molar-refractivity contribution in [2.75, 3.05) is 6.54 Å². The van der Waals surface area contributed by atoms with Crippen LogP contribution < -0.4 is 0 Å². The number of hydrogen-bond acceptors (Lipinski definition) is 1. The first-order valence-electron chi connectivity index (χ1n) is 8.78. The van der Waals surface area contributed by atoms with E-state index >= 15 is 0 Å². The molecule has 3 rings (SSSR count). The highest BCUT2D eigenvalue weighted by Crippen LogP contribution is 2.49. The van der Waals surface area contributed by atoms with Crippen molar-refractivity contribution in [1.29, 1.82) is 0 Å². The van der Waals surface area contributed by atoms with Crippen LogP contribution in [0.2, 0.25) is 0 Å². The smallest absolute Gasteiger partial charge is 0.317 e. The van der Waals surface area contributed by atoms with E-state index in [9.17, 15) is 4.79 Å². The normalized spacial score (nSPS) is 25.2. The van der Waals surface area contributed by atoms with E-state index in [1.54, 1.807) is 0 Å². The third-order valence-electron chi connectivity index (χ3n) is 5.31. The summed E-state index contributed by atoms with van der Waals surface area (Å²) in [5.74, 6) is 0. The predicted molar refractivity (Wildman–Crippen MR) is 94.5 cm³/mol. The van der Waals surface area contributed by atoms with Crippen molar-refractivity contribution in [3.63, 3.8) is 0 Å². The molecule has 1 aromatic rings. The van der Waals surface area contributed by atoms with Crippen molar-refractivity contribution in [2.45, 2.75) is 77.4 Å². The molecule has 3 heteroatoms. The fourth-order valence-electron chi connectivity index (χ4n) is 4.45. The third kappa shape index (κ3) is 2.45. The van der Waals surface area contributed by atoms with E-state index in [2.05, 4.69) is 75.6 Å². The Bertz CT molecular complexity index is 623. The number of carbonyl (C=O) groups excluding carboxylic acids is 1. The molecule has 1 unspecified atom stereocenters. The second kappa shape index (κ2) is 4.99. The molecule has 0 saturated carbocycles. The van der Waals surface area contributed by atoms with Gasteiger partial charge in [0.25, 0.3) is 0 Å². The van der Waals surface area contributed by atoms with Crippen LogP contribution in [0.25, 0.3) is 0 Å². The van der Waals surface area contributed by atoms with Crippen LogP contribution in [0, 0.1) is 0 Å². The summed E-state index contributed by atoms with van der Waals surface area (Å²) in [4.78, 5) is 17.6. The van der Waals surface area contributed by atoms with Crippen LogP contribution in [0.3, 0.4) is 0 Å². The van der Waals surface area contributed by atoms with Gasteiger partial charge in [-0.1, -0.05) is 24.3 Å². The molecule has 2 aliphatic rings. The molecule has 1 aromatic carbocycles. The SMILES string of the molecule is CC(C)(C)N1CC2(CCCc3ccccc32)N(C(C)(C)C)C1=O. The number of benzene rings is 1. The summed E-state index contributed by atoms with van der Waals surface area (Å²) in [6, 6.07) is 8.91. The molecule has 1 heterocycles. The van der Waals surface area contributed by atoms with Crippen molar-refractivity contribution >= 4 is 6.03 Å². The monoisotopic (exact) mass is 314 g/mol. The van der Waals surface area contributed by atoms with Gasteiger partial charge < -0.3 is 9.80 Å². The molecule has 1 aliphatic carbocycles. The summed E-state index contributed by atoms with van der Waals surface area (Å²) >= 11 is 0. The fourth-order valence-corrected chi connectivity index (χ4v) is 4.45. The number of nitrogens with zero attached hydrogens (tertiary/aromatic N) is 2. The highest BCUT2D eigenvalue weighted by Gasteiger charge is 2.57. The standard InChI is InChI=1S/C20H30N2O/c1-18(2,3)21-14-20(22(17(21)23)19(4,5)6)13-9-11-15-10-7-8-12-16(15)20/h7-8,10,12H,9,11,13-14H2,1-6H3. The topological polar surface area (TPSA) is 23.6 Å². The fraction of sp³-hybridized carbons (Fsp3) is 0.650. The first kappa shape index (κ1) is 16.4. The van der Waals surface area contributed by atoms with Gasteiger partial charge in [0.2, 0.25) is 0 Å². The van der Waals surface area contributed by atoms with E-state index in [4.69, 9.17) is 0 Å². The van der Waals surface area contributed by atoms with Gasteiger partial charge in [-0.15, -0.1) is 0 Å². The Morgan fingerprint density at radius 1 is 1.00 bits per heavy atom. The molecular formula is C20H30N2O. The molecule has 1 atom stereocenters. The van der Waals surface area contributed by atoms with Crippen LogP contribution in [0.15, 0.2) is 24.3 Å². The average molecular weight is 314 g/mol. The van der Waals surface area contributed by atoms with Gasteiger partial charge in [-0.25, -0.2) is 4.79 Å². The number of carbonyl (C=O) groups is 1. The molecule has 0 aromatic heterocycles. The minimum atomic E-state index is -0.193. The Morgan fingerprint density at radius 3 is 2.26 bits per heavy atom. The van der Waals surface area contributed by atoms with Crippen molar-refractivity contribution in [1.82, 2.24) is 9.80 Å². The number of aryl methyl sites for hydroxylation is 1. The summed E-state index contributed by atoms with van der Waals surface area (Å²) in [5, 5.41) is 0. The Balaban J connectivity index is 2.19. The Hall–Kier alpha value is -1.51. The number of fused-ring (bicyclic) bond motifs is 2. The van der Waals surface area contributed by atoms with Crippen LogP contribution in [0.5, 0.6) is 0 Å². The molecule has 0 radical (unpaired) electrons.